The van der Waals surface area contributed by atoms with Gasteiger partial charge in [0.05, 0.1) is 0 Å². The normalized spacial score (nSPS) is 11.1. The topological polar surface area (TPSA) is 3.24 Å². The lowest BCUT2D eigenvalue weighted by molar-refractivity contribution is 0.866. The van der Waals surface area contributed by atoms with E-state index in [1.165, 1.54) is 22.5 Å². The summed E-state index contributed by atoms with van der Waals surface area (Å²) >= 11 is 0. The number of hydrogen-bond acceptors (Lipinski definition) is 1. The van der Waals surface area contributed by atoms with Crippen LogP contribution in [0.15, 0.2) is 72.8 Å². The molecular weight excluding hydrogens is 302 g/mol. The zero-order valence-electron chi connectivity index (χ0n) is 15.5. The van der Waals surface area contributed by atoms with E-state index in [-0.39, 0.29) is 0 Å². The van der Waals surface area contributed by atoms with Gasteiger partial charge in [-0.15, -0.1) is 0 Å². The Morgan fingerprint density at radius 3 is 1.28 bits per heavy atom. The van der Waals surface area contributed by atoms with E-state index in [2.05, 4.69) is 99.3 Å². The van der Waals surface area contributed by atoms with Crippen molar-refractivity contribution in [1.82, 2.24) is 0 Å². The molecule has 127 valence electrons. The number of nitrogens with zero attached hydrogens (tertiary/aromatic N) is 1. The summed E-state index contributed by atoms with van der Waals surface area (Å²) in [7, 11) is 0. The third kappa shape index (κ3) is 3.93. The van der Waals surface area contributed by atoms with Gasteiger partial charge >= 0.3 is 0 Å². The highest BCUT2D eigenvalue weighted by molar-refractivity contribution is 5.76. The first-order valence-electron chi connectivity index (χ1n) is 9.02. The van der Waals surface area contributed by atoms with Gasteiger partial charge in [-0.05, 0) is 65.4 Å². The van der Waals surface area contributed by atoms with Crippen LogP contribution in [0.4, 0.5) is 17.1 Å². The summed E-state index contributed by atoms with van der Waals surface area (Å²) in [6.07, 6.45) is 0. The lowest BCUT2D eigenvalue weighted by Gasteiger charge is -2.26. The second kappa shape index (κ2) is 7.57. The second-order valence-corrected chi connectivity index (χ2v) is 7.09. The minimum atomic E-state index is 0.541. The molecule has 0 aliphatic rings. The maximum Gasteiger partial charge on any atom is 0.0462 e. The third-order valence-corrected chi connectivity index (χ3v) is 4.59. The molecule has 3 rings (SSSR count). The number of hydrogen-bond donors (Lipinski definition) is 0. The molecule has 0 fully saturated rings. The first-order chi connectivity index (χ1) is 12.1. The zero-order valence-corrected chi connectivity index (χ0v) is 15.5. The molecular formula is C24H26N. The summed E-state index contributed by atoms with van der Waals surface area (Å²) < 4.78 is 0. The molecule has 0 N–H and O–H groups in total. The van der Waals surface area contributed by atoms with E-state index in [1.54, 1.807) is 0 Å². The molecule has 0 atom stereocenters. The van der Waals surface area contributed by atoms with Crippen LogP contribution in [0.5, 0.6) is 0 Å². The van der Waals surface area contributed by atoms with E-state index in [1.807, 2.05) is 12.1 Å². The highest BCUT2D eigenvalue weighted by atomic mass is 15.1. The third-order valence-electron chi connectivity index (χ3n) is 4.59. The van der Waals surface area contributed by atoms with Crippen molar-refractivity contribution in [2.75, 3.05) is 4.90 Å². The number of anilines is 3. The molecule has 0 bridgehead atoms. The molecule has 0 heterocycles. The molecule has 0 aliphatic heterocycles. The van der Waals surface area contributed by atoms with Crippen molar-refractivity contribution in [1.29, 1.82) is 0 Å². The van der Waals surface area contributed by atoms with E-state index in [4.69, 9.17) is 0 Å². The molecule has 25 heavy (non-hydrogen) atoms. The molecule has 0 aromatic heterocycles. The van der Waals surface area contributed by atoms with Crippen LogP contribution in [-0.4, -0.2) is 0 Å². The van der Waals surface area contributed by atoms with Gasteiger partial charge in [-0.2, -0.15) is 0 Å². The molecule has 0 unspecified atom stereocenters. The molecule has 1 radical (unpaired) electrons. The summed E-state index contributed by atoms with van der Waals surface area (Å²) in [5, 5.41) is 0. The van der Waals surface area contributed by atoms with E-state index in [9.17, 15) is 0 Å². The van der Waals surface area contributed by atoms with Crippen LogP contribution in [0, 0.1) is 6.07 Å². The zero-order chi connectivity index (χ0) is 17.8. The van der Waals surface area contributed by atoms with Gasteiger partial charge in [-0.3, -0.25) is 0 Å². The summed E-state index contributed by atoms with van der Waals surface area (Å²) in [5.41, 5.74) is 6.22. The predicted octanol–water partition coefficient (Wildman–Crippen LogP) is 7.20. The number of benzene rings is 3. The minimum absolute atomic E-state index is 0.541. The van der Waals surface area contributed by atoms with Crippen molar-refractivity contribution in [2.24, 2.45) is 0 Å². The summed E-state index contributed by atoms with van der Waals surface area (Å²) in [5.74, 6) is 1.08. The quantitative estimate of drug-likeness (QED) is 0.478. The maximum atomic E-state index is 3.11. The van der Waals surface area contributed by atoms with Crippen molar-refractivity contribution in [3.05, 3.63) is 90.0 Å². The fraction of sp³-hybridized carbons (Fsp3) is 0.250. The Morgan fingerprint density at radius 2 is 0.920 bits per heavy atom. The van der Waals surface area contributed by atoms with Crippen LogP contribution >= 0.6 is 0 Å². The Morgan fingerprint density at radius 1 is 0.560 bits per heavy atom. The van der Waals surface area contributed by atoms with Gasteiger partial charge in [-0.25, -0.2) is 0 Å². The van der Waals surface area contributed by atoms with E-state index in [0.29, 0.717) is 11.8 Å². The van der Waals surface area contributed by atoms with Crippen molar-refractivity contribution < 1.29 is 0 Å². The van der Waals surface area contributed by atoms with E-state index < -0.39 is 0 Å². The lowest BCUT2D eigenvalue weighted by Crippen LogP contribution is -2.10. The Hall–Kier alpha value is -2.54. The van der Waals surface area contributed by atoms with Crippen LogP contribution in [0.3, 0.4) is 0 Å². The SMILES string of the molecule is CC(C)c1ccc(N(c2cc[c]cc2)c2ccc(C(C)C)cc2)cc1. The second-order valence-electron chi connectivity index (χ2n) is 7.09. The molecule has 0 saturated heterocycles. The van der Waals surface area contributed by atoms with Gasteiger partial charge in [0.1, 0.15) is 0 Å². The van der Waals surface area contributed by atoms with Crippen molar-refractivity contribution in [3.63, 3.8) is 0 Å². The smallest absolute Gasteiger partial charge is 0.0462 e. The molecule has 1 nitrogen and oxygen atoms in total. The van der Waals surface area contributed by atoms with Gasteiger partial charge in [0.15, 0.2) is 0 Å². The molecule has 0 saturated carbocycles. The Labute approximate surface area is 151 Å². The largest absolute Gasteiger partial charge is 0.311 e. The van der Waals surface area contributed by atoms with Crippen LogP contribution in [0.1, 0.15) is 50.7 Å². The minimum Gasteiger partial charge on any atom is -0.311 e. The van der Waals surface area contributed by atoms with Crippen LogP contribution in [-0.2, 0) is 0 Å². The summed E-state index contributed by atoms with van der Waals surface area (Å²) in [4.78, 5) is 2.29. The highest BCUT2D eigenvalue weighted by Gasteiger charge is 2.13. The maximum absolute atomic E-state index is 3.11. The van der Waals surface area contributed by atoms with Gasteiger partial charge in [0.2, 0.25) is 0 Å². The highest BCUT2D eigenvalue weighted by Crippen LogP contribution is 2.35. The fourth-order valence-corrected chi connectivity index (χ4v) is 2.99. The summed E-state index contributed by atoms with van der Waals surface area (Å²) in [6, 6.07) is 29.0. The van der Waals surface area contributed by atoms with Crippen LogP contribution in [0.25, 0.3) is 0 Å². The number of rotatable bonds is 5. The average molecular weight is 328 g/mol. The molecule has 0 aliphatic carbocycles. The lowest BCUT2D eigenvalue weighted by atomic mass is 10.0. The predicted molar refractivity (Wildman–Crippen MR) is 108 cm³/mol. The molecule has 3 aromatic carbocycles. The van der Waals surface area contributed by atoms with Crippen molar-refractivity contribution in [3.8, 4) is 0 Å². The van der Waals surface area contributed by atoms with Crippen LogP contribution in [0.2, 0.25) is 0 Å². The monoisotopic (exact) mass is 328 g/mol. The molecule has 0 amide bonds. The van der Waals surface area contributed by atoms with Crippen molar-refractivity contribution in [2.45, 2.75) is 39.5 Å². The van der Waals surface area contributed by atoms with Crippen LogP contribution < -0.4 is 4.90 Å². The molecule has 1 heteroatoms. The molecule has 0 spiro atoms. The van der Waals surface area contributed by atoms with Gasteiger partial charge in [0, 0.05) is 17.1 Å². The van der Waals surface area contributed by atoms with Gasteiger partial charge in [0.25, 0.3) is 0 Å². The summed E-state index contributed by atoms with van der Waals surface area (Å²) in [6.45, 7) is 8.91. The van der Waals surface area contributed by atoms with E-state index in [0.717, 1.165) is 5.69 Å². The fourth-order valence-electron chi connectivity index (χ4n) is 2.99. The molecule has 3 aromatic rings. The first kappa shape index (κ1) is 17.3. The Bertz CT molecular complexity index is 732. The standard InChI is InChI=1S/C24H26N/c1-18(2)20-10-14-23(15-11-20)25(22-8-6-5-7-9-22)24-16-12-21(13-17-24)19(3)4/h6-19H,1-4H3. The van der Waals surface area contributed by atoms with Gasteiger partial charge in [-0.1, -0.05) is 64.1 Å². The van der Waals surface area contributed by atoms with Crippen molar-refractivity contribution >= 4 is 17.1 Å². The Kier molecular flexibility index (Phi) is 5.23. The van der Waals surface area contributed by atoms with Gasteiger partial charge < -0.3 is 4.90 Å². The van der Waals surface area contributed by atoms with E-state index >= 15 is 0 Å². The first-order valence-corrected chi connectivity index (χ1v) is 9.02. The average Bonchev–Trinajstić information content (AvgIpc) is 2.64. The Balaban J connectivity index is 2.04.